The largest absolute Gasteiger partial charge is 0.478 e. The number of fused-ring (bicyclic) bond motifs is 1. The van der Waals surface area contributed by atoms with Crippen LogP contribution in [0.1, 0.15) is 17.7 Å². The molecule has 25 heavy (non-hydrogen) atoms. The van der Waals surface area contributed by atoms with Gasteiger partial charge in [-0.2, -0.15) is 0 Å². The smallest absolute Gasteiger partial charge is 0.328 e. The number of nitrogens with zero attached hydrogens (tertiary/aromatic N) is 2. The van der Waals surface area contributed by atoms with Gasteiger partial charge in [-0.25, -0.2) is 9.59 Å². The molecule has 3 rings (SSSR count). The lowest BCUT2D eigenvalue weighted by Crippen LogP contribution is -2.18. The zero-order valence-corrected chi connectivity index (χ0v) is 13.7. The van der Waals surface area contributed by atoms with Crippen LogP contribution >= 0.6 is 0 Å². The van der Waals surface area contributed by atoms with Gasteiger partial charge in [0, 0.05) is 24.9 Å². The predicted molar refractivity (Wildman–Crippen MR) is 95.0 cm³/mol. The Kier molecular flexibility index (Phi) is 6.71. The molecule has 0 fully saturated rings. The van der Waals surface area contributed by atoms with Crippen LogP contribution in [0.25, 0.3) is 0 Å². The van der Waals surface area contributed by atoms with Gasteiger partial charge < -0.3 is 14.8 Å². The van der Waals surface area contributed by atoms with Crippen molar-refractivity contribution in [3.05, 3.63) is 72.1 Å². The Bertz CT molecular complexity index is 760. The van der Waals surface area contributed by atoms with Gasteiger partial charge in [-0.15, -0.1) is 0 Å². The number of aliphatic carboxylic acids is 2. The van der Waals surface area contributed by atoms with Crippen LogP contribution in [0.2, 0.25) is 0 Å². The molecule has 1 aliphatic heterocycles. The maximum Gasteiger partial charge on any atom is 0.328 e. The van der Waals surface area contributed by atoms with Gasteiger partial charge in [0.15, 0.2) is 0 Å². The van der Waals surface area contributed by atoms with E-state index in [4.69, 9.17) is 10.2 Å². The van der Waals surface area contributed by atoms with E-state index < -0.39 is 11.9 Å². The van der Waals surface area contributed by atoms with E-state index in [1.54, 1.807) is 0 Å². The quantitative estimate of drug-likeness (QED) is 0.819. The van der Waals surface area contributed by atoms with Crippen LogP contribution in [0.3, 0.4) is 0 Å². The van der Waals surface area contributed by atoms with E-state index in [1.165, 1.54) is 17.0 Å². The van der Waals surface area contributed by atoms with Gasteiger partial charge in [-0.3, -0.25) is 4.99 Å². The summed E-state index contributed by atoms with van der Waals surface area (Å²) in [5, 5.41) is 15.6. The van der Waals surface area contributed by atoms with Gasteiger partial charge in [0.05, 0.1) is 18.0 Å². The first kappa shape index (κ1) is 18.2. The van der Waals surface area contributed by atoms with Crippen LogP contribution in [-0.2, 0) is 22.6 Å². The van der Waals surface area contributed by atoms with E-state index in [2.05, 4.69) is 58.2 Å². The number of aromatic nitrogens is 1. The summed E-state index contributed by atoms with van der Waals surface area (Å²) in [6.45, 7) is 1.95. The first-order valence-electron chi connectivity index (χ1n) is 7.93. The third-order valence-corrected chi connectivity index (χ3v) is 3.63. The lowest BCUT2D eigenvalue weighted by Gasteiger charge is -2.16. The van der Waals surface area contributed by atoms with E-state index >= 15 is 0 Å². The van der Waals surface area contributed by atoms with E-state index in [0.717, 1.165) is 25.9 Å². The summed E-state index contributed by atoms with van der Waals surface area (Å²) >= 11 is 0. The molecule has 0 aliphatic carbocycles. The van der Waals surface area contributed by atoms with Crippen LogP contribution in [0.5, 0.6) is 0 Å². The second kappa shape index (κ2) is 9.22. The Balaban J connectivity index is 0.000000242. The van der Waals surface area contributed by atoms with Gasteiger partial charge >= 0.3 is 11.9 Å². The monoisotopic (exact) mass is 340 g/mol. The summed E-state index contributed by atoms with van der Waals surface area (Å²) in [6, 6.07) is 14.9. The van der Waals surface area contributed by atoms with Gasteiger partial charge in [-0.05, 0) is 30.5 Å². The minimum Gasteiger partial charge on any atom is -0.478 e. The highest BCUT2D eigenvalue weighted by Crippen LogP contribution is 2.14. The number of aliphatic imine (C=N–C) groups is 1. The number of hydrogen-bond acceptors (Lipinski definition) is 3. The summed E-state index contributed by atoms with van der Waals surface area (Å²) in [7, 11) is 0. The van der Waals surface area contributed by atoms with E-state index in [-0.39, 0.29) is 0 Å². The van der Waals surface area contributed by atoms with Crippen molar-refractivity contribution in [1.29, 1.82) is 0 Å². The highest BCUT2D eigenvalue weighted by atomic mass is 16.4. The number of carboxylic acid groups (broad SMARTS) is 2. The lowest BCUT2D eigenvalue weighted by molar-refractivity contribution is -0.134. The minimum atomic E-state index is -1.26. The van der Waals surface area contributed by atoms with Crippen LogP contribution in [0.15, 0.2) is 65.8 Å². The Morgan fingerprint density at radius 1 is 1.00 bits per heavy atom. The molecule has 0 spiro atoms. The van der Waals surface area contributed by atoms with Crippen LogP contribution < -0.4 is 0 Å². The number of hydrogen-bond donors (Lipinski definition) is 2. The molecule has 0 bridgehead atoms. The zero-order chi connectivity index (χ0) is 18.1. The van der Waals surface area contributed by atoms with Crippen LogP contribution in [0, 0.1) is 0 Å². The van der Waals surface area contributed by atoms with Crippen molar-refractivity contribution >= 4 is 17.7 Å². The predicted octanol–water partition coefficient (Wildman–Crippen LogP) is 2.64. The molecule has 1 aliphatic rings. The van der Waals surface area contributed by atoms with Crippen molar-refractivity contribution in [3.8, 4) is 0 Å². The molecule has 0 atom stereocenters. The Morgan fingerprint density at radius 3 is 2.32 bits per heavy atom. The molecule has 2 aromatic rings. The van der Waals surface area contributed by atoms with Crippen LogP contribution in [0.4, 0.5) is 0 Å². The van der Waals surface area contributed by atoms with Crippen LogP contribution in [-0.4, -0.2) is 39.0 Å². The molecule has 0 radical (unpaired) electrons. The average Bonchev–Trinajstić information content (AvgIpc) is 3.09. The number of aryl methyl sites for hydroxylation is 1. The molecule has 1 aromatic carbocycles. The fourth-order valence-electron chi connectivity index (χ4n) is 2.50. The molecule has 0 saturated heterocycles. The Morgan fingerprint density at radius 2 is 1.68 bits per heavy atom. The third-order valence-electron chi connectivity index (χ3n) is 3.63. The molecule has 0 unspecified atom stereocenters. The molecule has 6 nitrogen and oxygen atoms in total. The molecule has 0 amide bonds. The summed E-state index contributed by atoms with van der Waals surface area (Å²) in [6.07, 6.45) is 5.37. The Hall–Kier alpha value is -3.15. The fraction of sp³-hybridized carbons (Fsp3) is 0.211. The summed E-state index contributed by atoms with van der Waals surface area (Å²) in [4.78, 5) is 23.8. The molecule has 2 N–H and O–H groups in total. The van der Waals surface area contributed by atoms with Crippen molar-refractivity contribution < 1.29 is 19.8 Å². The fourth-order valence-corrected chi connectivity index (χ4v) is 2.50. The first-order chi connectivity index (χ1) is 12.1. The highest BCUT2D eigenvalue weighted by Gasteiger charge is 2.12. The summed E-state index contributed by atoms with van der Waals surface area (Å²) < 4.78 is 2.30. The number of rotatable bonds is 5. The van der Waals surface area contributed by atoms with E-state index in [0.29, 0.717) is 12.2 Å². The maximum atomic E-state index is 9.55. The second-order valence-corrected chi connectivity index (χ2v) is 5.41. The van der Waals surface area contributed by atoms with Crippen molar-refractivity contribution in [2.24, 2.45) is 4.99 Å². The molecule has 130 valence electrons. The molecule has 1 aromatic heterocycles. The van der Waals surface area contributed by atoms with Gasteiger partial charge in [-0.1, -0.05) is 30.3 Å². The normalized spacial score (nSPS) is 12.7. The molecule has 2 heterocycles. The van der Waals surface area contributed by atoms with Crippen molar-refractivity contribution in [3.63, 3.8) is 0 Å². The van der Waals surface area contributed by atoms with Gasteiger partial charge in [0.25, 0.3) is 0 Å². The average molecular weight is 340 g/mol. The molecule has 0 saturated carbocycles. The molecule has 6 heteroatoms. The van der Waals surface area contributed by atoms with Gasteiger partial charge in [0.1, 0.15) is 0 Å². The zero-order valence-electron chi connectivity index (χ0n) is 13.7. The number of benzene rings is 1. The van der Waals surface area contributed by atoms with Crippen molar-refractivity contribution in [2.75, 3.05) is 6.54 Å². The standard InChI is InChI=1S/C15H16N2.C4H4O4/c1-2-5-13(6-3-1)8-9-14-15-7-4-11-17(15)12-10-16-14;5-3(6)1-2-4(7)8/h1-7,11H,8-10,12H2;1-2H,(H,5,6)(H,7,8)/b;2-1+. The summed E-state index contributed by atoms with van der Waals surface area (Å²) in [5.41, 5.74) is 3.94. The topological polar surface area (TPSA) is 91.9 Å². The summed E-state index contributed by atoms with van der Waals surface area (Å²) in [5.74, 6) is -2.51. The third kappa shape index (κ3) is 6.10. The van der Waals surface area contributed by atoms with E-state index in [9.17, 15) is 9.59 Å². The number of carboxylic acids is 2. The van der Waals surface area contributed by atoms with Crippen molar-refractivity contribution in [2.45, 2.75) is 19.4 Å². The molecular formula is C19H20N2O4. The molecular weight excluding hydrogens is 320 g/mol. The first-order valence-corrected chi connectivity index (χ1v) is 7.93. The maximum absolute atomic E-state index is 9.55. The Labute approximate surface area is 145 Å². The highest BCUT2D eigenvalue weighted by molar-refractivity contribution is 5.99. The number of carbonyl (C=O) groups is 2. The lowest BCUT2D eigenvalue weighted by atomic mass is 10.0. The SMILES string of the molecule is O=C(O)/C=C/C(=O)O.c1ccc(CCC2=NCCn3cccc32)cc1. The van der Waals surface area contributed by atoms with E-state index in [1.807, 2.05) is 0 Å². The van der Waals surface area contributed by atoms with Gasteiger partial charge in [0.2, 0.25) is 0 Å². The minimum absolute atomic E-state index is 0.558. The van der Waals surface area contributed by atoms with Crippen molar-refractivity contribution in [1.82, 2.24) is 4.57 Å². The second-order valence-electron chi connectivity index (χ2n) is 5.41.